The Hall–Kier alpha value is -2.00. The summed E-state index contributed by atoms with van der Waals surface area (Å²) in [6.45, 7) is 4.73. The van der Waals surface area contributed by atoms with E-state index < -0.39 is 0 Å². The first-order valence-corrected chi connectivity index (χ1v) is 7.26. The smallest absolute Gasteiger partial charge is 0.239 e. The van der Waals surface area contributed by atoms with E-state index in [1.807, 2.05) is 56.3 Å². The molecule has 0 saturated heterocycles. The van der Waals surface area contributed by atoms with Gasteiger partial charge in [0, 0.05) is 17.3 Å². The zero-order chi connectivity index (χ0) is 15.2. The number of nitrogens with one attached hydrogen (secondary N) is 2. The van der Waals surface area contributed by atoms with Gasteiger partial charge in [-0.1, -0.05) is 48.0 Å². The number of rotatable bonds is 5. The van der Waals surface area contributed by atoms with Crippen molar-refractivity contribution in [2.45, 2.75) is 20.4 Å². The number of carbonyl (C=O) groups is 1. The molecule has 2 aromatic rings. The van der Waals surface area contributed by atoms with Crippen LogP contribution in [-0.4, -0.2) is 12.5 Å². The van der Waals surface area contributed by atoms with Gasteiger partial charge >= 0.3 is 0 Å². The number of para-hydroxylation sites is 1. The van der Waals surface area contributed by atoms with Gasteiger partial charge in [0.1, 0.15) is 0 Å². The van der Waals surface area contributed by atoms with Crippen LogP contribution in [0.3, 0.4) is 0 Å². The van der Waals surface area contributed by atoms with E-state index in [1.54, 1.807) is 0 Å². The highest BCUT2D eigenvalue weighted by Gasteiger charge is 2.06. The number of anilines is 1. The summed E-state index contributed by atoms with van der Waals surface area (Å²) in [4.78, 5) is 11.9. The maximum Gasteiger partial charge on any atom is 0.239 e. The molecule has 0 fully saturated rings. The Labute approximate surface area is 130 Å². The monoisotopic (exact) mass is 302 g/mol. The lowest BCUT2D eigenvalue weighted by molar-refractivity contribution is -0.119. The highest BCUT2D eigenvalue weighted by atomic mass is 35.5. The lowest BCUT2D eigenvalue weighted by Gasteiger charge is -2.13. The lowest BCUT2D eigenvalue weighted by atomic mass is 10.1. The fourth-order valence-electron chi connectivity index (χ4n) is 2.16. The molecule has 0 spiro atoms. The van der Waals surface area contributed by atoms with Crippen molar-refractivity contribution in [1.82, 2.24) is 5.32 Å². The molecule has 0 unspecified atom stereocenters. The van der Waals surface area contributed by atoms with Crippen LogP contribution in [-0.2, 0) is 11.3 Å². The topological polar surface area (TPSA) is 41.1 Å². The summed E-state index contributed by atoms with van der Waals surface area (Å²) < 4.78 is 0. The van der Waals surface area contributed by atoms with Gasteiger partial charge in [-0.05, 0) is 36.6 Å². The van der Waals surface area contributed by atoms with E-state index in [-0.39, 0.29) is 12.5 Å². The van der Waals surface area contributed by atoms with Crippen molar-refractivity contribution in [3.05, 3.63) is 64.2 Å². The van der Waals surface area contributed by atoms with Crippen LogP contribution < -0.4 is 10.6 Å². The standard InChI is InChI=1S/C17H19ClN2O/c1-12-6-5-7-13(2)17(12)20-11-16(21)19-10-14-8-3-4-9-15(14)18/h3-9,20H,10-11H2,1-2H3,(H,19,21). The van der Waals surface area contributed by atoms with Crippen LogP contribution in [0.25, 0.3) is 0 Å². The predicted octanol–water partition coefficient (Wildman–Crippen LogP) is 3.69. The summed E-state index contributed by atoms with van der Waals surface area (Å²) in [6.07, 6.45) is 0. The quantitative estimate of drug-likeness (QED) is 0.884. The fraction of sp³-hybridized carbons (Fsp3) is 0.235. The van der Waals surface area contributed by atoms with Crippen LogP contribution in [0.15, 0.2) is 42.5 Å². The van der Waals surface area contributed by atoms with Crippen molar-refractivity contribution in [3.8, 4) is 0 Å². The summed E-state index contributed by atoms with van der Waals surface area (Å²) in [6, 6.07) is 13.6. The van der Waals surface area contributed by atoms with Crippen molar-refractivity contribution in [2.24, 2.45) is 0 Å². The van der Waals surface area contributed by atoms with Crippen molar-refractivity contribution >= 4 is 23.2 Å². The molecule has 0 aromatic heterocycles. The van der Waals surface area contributed by atoms with Crippen molar-refractivity contribution in [3.63, 3.8) is 0 Å². The Bertz CT molecular complexity index is 620. The number of amides is 1. The molecule has 0 atom stereocenters. The Balaban J connectivity index is 1.87. The zero-order valence-electron chi connectivity index (χ0n) is 12.2. The van der Waals surface area contributed by atoms with Gasteiger partial charge in [-0.3, -0.25) is 4.79 Å². The minimum absolute atomic E-state index is 0.0578. The van der Waals surface area contributed by atoms with Gasteiger partial charge in [0.2, 0.25) is 5.91 Å². The van der Waals surface area contributed by atoms with Gasteiger partial charge in [0.25, 0.3) is 0 Å². The maximum atomic E-state index is 11.9. The first kappa shape index (κ1) is 15.4. The molecule has 110 valence electrons. The Morgan fingerprint density at radius 1 is 1.05 bits per heavy atom. The molecule has 2 N–H and O–H groups in total. The van der Waals surface area contributed by atoms with E-state index in [0.717, 1.165) is 22.4 Å². The second-order valence-electron chi connectivity index (χ2n) is 4.99. The first-order chi connectivity index (χ1) is 10.1. The number of hydrogen-bond donors (Lipinski definition) is 2. The number of benzene rings is 2. The van der Waals surface area contributed by atoms with E-state index in [0.29, 0.717) is 11.6 Å². The highest BCUT2D eigenvalue weighted by molar-refractivity contribution is 6.31. The molecule has 4 heteroatoms. The molecule has 0 radical (unpaired) electrons. The van der Waals surface area contributed by atoms with Gasteiger partial charge in [-0.15, -0.1) is 0 Å². The number of aryl methyl sites for hydroxylation is 2. The molecule has 0 aliphatic rings. The molecular formula is C17H19ClN2O. The van der Waals surface area contributed by atoms with Crippen LogP contribution >= 0.6 is 11.6 Å². The number of halogens is 1. The van der Waals surface area contributed by atoms with E-state index in [2.05, 4.69) is 10.6 Å². The van der Waals surface area contributed by atoms with Gasteiger partial charge in [0.15, 0.2) is 0 Å². The molecule has 2 aromatic carbocycles. The molecule has 0 saturated carbocycles. The Morgan fingerprint density at radius 3 is 2.38 bits per heavy atom. The van der Waals surface area contributed by atoms with Crippen LogP contribution in [0.2, 0.25) is 5.02 Å². The average molecular weight is 303 g/mol. The summed E-state index contributed by atoms with van der Waals surface area (Å²) in [7, 11) is 0. The minimum atomic E-state index is -0.0578. The first-order valence-electron chi connectivity index (χ1n) is 6.88. The van der Waals surface area contributed by atoms with Gasteiger partial charge in [-0.25, -0.2) is 0 Å². The van der Waals surface area contributed by atoms with Crippen LogP contribution in [0.4, 0.5) is 5.69 Å². The van der Waals surface area contributed by atoms with Crippen molar-refractivity contribution < 1.29 is 4.79 Å². The fourth-order valence-corrected chi connectivity index (χ4v) is 2.36. The molecule has 2 rings (SSSR count). The normalized spacial score (nSPS) is 10.2. The summed E-state index contributed by atoms with van der Waals surface area (Å²) in [5, 5.41) is 6.72. The predicted molar refractivity (Wildman–Crippen MR) is 87.7 cm³/mol. The van der Waals surface area contributed by atoms with Crippen molar-refractivity contribution in [2.75, 3.05) is 11.9 Å². The maximum absolute atomic E-state index is 11.9. The Kier molecular flexibility index (Phi) is 5.23. The van der Waals surface area contributed by atoms with Gasteiger partial charge < -0.3 is 10.6 Å². The van der Waals surface area contributed by atoms with Crippen molar-refractivity contribution in [1.29, 1.82) is 0 Å². The molecule has 21 heavy (non-hydrogen) atoms. The minimum Gasteiger partial charge on any atom is -0.376 e. The number of carbonyl (C=O) groups excluding carboxylic acids is 1. The molecule has 1 amide bonds. The largest absolute Gasteiger partial charge is 0.376 e. The van der Waals surface area contributed by atoms with Gasteiger partial charge in [0.05, 0.1) is 6.54 Å². The second kappa shape index (κ2) is 7.14. The summed E-state index contributed by atoms with van der Waals surface area (Å²) in [5.41, 5.74) is 4.20. The highest BCUT2D eigenvalue weighted by Crippen LogP contribution is 2.19. The second-order valence-corrected chi connectivity index (χ2v) is 5.40. The van der Waals surface area contributed by atoms with E-state index in [4.69, 9.17) is 11.6 Å². The van der Waals surface area contributed by atoms with E-state index in [9.17, 15) is 4.79 Å². The third kappa shape index (κ3) is 4.23. The molecule has 0 aliphatic carbocycles. The van der Waals surface area contributed by atoms with E-state index in [1.165, 1.54) is 0 Å². The van der Waals surface area contributed by atoms with E-state index >= 15 is 0 Å². The average Bonchev–Trinajstić information content (AvgIpc) is 2.46. The van der Waals surface area contributed by atoms with Crippen LogP contribution in [0.1, 0.15) is 16.7 Å². The molecule has 3 nitrogen and oxygen atoms in total. The lowest BCUT2D eigenvalue weighted by Crippen LogP contribution is -2.29. The van der Waals surface area contributed by atoms with Crippen LogP contribution in [0, 0.1) is 13.8 Å². The molecular weight excluding hydrogens is 284 g/mol. The SMILES string of the molecule is Cc1cccc(C)c1NCC(=O)NCc1ccccc1Cl. The summed E-state index contributed by atoms with van der Waals surface area (Å²) in [5.74, 6) is -0.0578. The van der Waals surface area contributed by atoms with Gasteiger partial charge in [-0.2, -0.15) is 0 Å². The molecule has 0 aliphatic heterocycles. The third-order valence-electron chi connectivity index (χ3n) is 3.34. The molecule has 0 heterocycles. The Morgan fingerprint density at radius 2 is 1.71 bits per heavy atom. The van der Waals surface area contributed by atoms with Crippen LogP contribution in [0.5, 0.6) is 0 Å². The summed E-state index contributed by atoms with van der Waals surface area (Å²) >= 11 is 6.06. The zero-order valence-corrected chi connectivity index (χ0v) is 13.0. The molecule has 0 bridgehead atoms. The number of hydrogen-bond acceptors (Lipinski definition) is 2. The third-order valence-corrected chi connectivity index (χ3v) is 3.71.